The van der Waals surface area contributed by atoms with Crippen molar-refractivity contribution in [1.29, 1.82) is 0 Å². The van der Waals surface area contributed by atoms with Crippen LogP contribution in [-0.2, 0) is 9.53 Å². The minimum absolute atomic E-state index is 0.0140. The van der Waals surface area contributed by atoms with E-state index in [4.69, 9.17) is 14.6 Å². The number of aliphatic hydroxyl groups excluding tert-OH is 1. The summed E-state index contributed by atoms with van der Waals surface area (Å²) >= 11 is 0. The molecule has 0 spiro atoms. The van der Waals surface area contributed by atoms with Crippen molar-refractivity contribution in [2.75, 3.05) is 26.4 Å². The van der Waals surface area contributed by atoms with Gasteiger partial charge in [0.2, 0.25) is 0 Å². The molecule has 2 N–H and O–H groups in total. The largest absolute Gasteiger partial charge is 0.491 e. The summed E-state index contributed by atoms with van der Waals surface area (Å²) in [5.41, 5.74) is 3.25. The van der Waals surface area contributed by atoms with E-state index in [0.717, 1.165) is 28.2 Å². The quantitative estimate of drug-likeness (QED) is 0.207. The van der Waals surface area contributed by atoms with Crippen LogP contribution in [0.3, 0.4) is 0 Å². The van der Waals surface area contributed by atoms with E-state index >= 15 is 0 Å². The number of carbonyl (C=O) groups is 2. The summed E-state index contributed by atoms with van der Waals surface area (Å²) < 4.78 is 10.7. The summed E-state index contributed by atoms with van der Waals surface area (Å²) in [6.07, 6.45) is 2.10. The number of benzene rings is 2. The Bertz CT molecular complexity index is 1010. The third-order valence-corrected chi connectivity index (χ3v) is 4.18. The predicted molar refractivity (Wildman–Crippen MR) is 143 cm³/mol. The summed E-state index contributed by atoms with van der Waals surface area (Å²) in [6.45, 7) is 15.7. The molecule has 1 heterocycles. The maximum atomic E-state index is 11.5. The smallest absolute Gasteiger partial charge is 0.159 e. The molecule has 0 radical (unpaired) electrons. The zero-order valence-electron chi connectivity index (χ0n) is 21.9. The van der Waals surface area contributed by atoms with Crippen LogP contribution in [0.15, 0.2) is 55.1 Å². The van der Waals surface area contributed by atoms with Crippen LogP contribution in [0.25, 0.3) is 22.4 Å². The van der Waals surface area contributed by atoms with Gasteiger partial charge in [0.15, 0.2) is 5.78 Å². The van der Waals surface area contributed by atoms with Gasteiger partial charge in [-0.3, -0.25) is 9.59 Å². The normalized spacial score (nSPS) is 9.46. The first-order valence-electron chi connectivity index (χ1n) is 12.0. The number of rotatable bonds is 10. The van der Waals surface area contributed by atoms with Crippen molar-refractivity contribution in [2.24, 2.45) is 0 Å². The SMILES string of the molecule is C=CCC(C)=O.CC.CC.CC(=O)c1ccc2nc(-c3ccc(OCCOCCO)cc3)[nH]c2c1. The van der Waals surface area contributed by atoms with Gasteiger partial charge in [-0.15, -0.1) is 6.58 Å². The fourth-order valence-corrected chi connectivity index (χ4v) is 2.66. The van der Waals surface area contributed by atoms with Gasteiger partial charge >= 0.3 is 0 Å². The lowest BCUT2D eigenvalue weighted by Crippen LogP contribution is -2.08. The topological polar surface area (TPSA) is 102 Å². The molecule has 0 aliphatic heterocycles. The molecule has 0 aliphatic rings. The minimum Gasteiger partial charge on any atom is -0.491 e. The maximum Gasteiger partial charge on any atom is 0.159 e. The Kier molecular flexibility index (Phi) is 17.3. The summed E-state index contributed by atoms with van der Waals surface area (Å²) in [5, 5.41) is 8.62. The Morgan fingerprint density at radius 2 is 1.66 bits per heavy atom. The molecule has 1 aromatic heterocycles. The lowest BCUT2D eigenvalue weighted by molar-refractivity contribution is -0.116. The number of ether oxygens (including phenoxy) is 2. The Hall–Kier alpha value is -3.29. The van der Waals surface area contributed by atoms with Crippen LogP contribution in [0.5, 0.6) is 5.75 Å². The fraction of sp³-hybridized carbons (Fsp3) is 0.393. The van der Waals surface area contributed by atoms with E-state index in [2.05, 4.69) is 16.5 Å². The second-order valence-electron chi connectivity index (χ2n) is 6.78. The number of imidazole rings is 1. The number of aliphatic hydroxyl groups is 1. The molecule has 0 saturated heterocycles. The molecular formula is C28H40N2O5. The first-order chi connectivity index (χ1) is 16.9. The highest BCUT2D eigenvalue weighted by molar-refractivity contribution is 5.97. The van der Waals surface area contributed by atoms with Gasteiger partial charge in [0, 0.05) is 17.5 Å². The third-order valence-electron chi connectivity index (χ3n) is 4.18. The van der Waals surface area contributed by atoms with Crippen molar-refractivity contribution in [3.05, 3.63) is 60.7 Å². The van der Waals surface area contributed by atoms with Gasteiger partial charge in [-0.1, -0.05) is 33.8 Å². The standard InChI is InChI=1S/C19H20N2O4.C5H8O.2C2H6/c1-13(23)15-4-7-17-18(12-15)21-19(20-17)14-2-5-16(6-3-14)25-11-10-24-9-8-22;1-3-4-5(2)6;2*1-2/h2-7,12,22H,8-11H2,1H3,(H,20,21);3H,1,4H2,2H3;2*1-2H3. The number of H-pyrrole nitrogens is 1. The molecule has 0 fully saturated rings. The van der Waals surface area contributed by atoms with Gasteiger partial charge < -0.3 is 19.6 Å². The van der Waals surface area contributed by atoms with Crippen molar-refractivity contribution in [1.82, 2.24) is 9.97 Å². The summed E-state index contributed by atoms with van der Waals surface area (Å²) in [4.78, 5) is 29.3. The molecule has 3 rings (SSSR count). The average molecular weight is 485 g/mol. The Morgan fingerprint density at radius 1 is 1.00 bits per heavy atom. The number of allylic oxidation sites excluding steroid dienone is 1. The predicted octanol–water partition coefficient (Wildman–Crippen LogP) is 6.02. The molecular weight excluding hydrogens is 444 g/mol. The number of nitrogens with one attached hydrogen (secondary N) is 1. The molecule has 0 unspecified atom stereocenters. The number of nitrogens with zero attached hydrogens (tertiary/aromatic N) is 1. The average Bonchev–Trinajstić information content (AvgIpc) is 3.30. The van der Waals surface area contributed by atoms with Crippen molar-refractivity contribution >= 4 is 22.6 Å². The van der Waals surface area contributed by atoms with Gasteiger partial charge in [-0.05, 0) is 56.3 Å². The maximum absolute atomic E-state index is 11.5. The van der Waals surface area contributed by atoms with E-state index in [1.807, 2.05) is 64.1 Å². The summed E-state index contributed by atoms with van der Waals surface area (Å²) in [7, 11) is 0. The van der Waals surface area contributed by atoms with Crippen LogP contribution in [0.2, 0.25) is 0 Å². The highest BCUT2D eigenvalue weighted by Crippen LogP contribution is 2.23. The van der Waals surface area contributed by atoms with Crippen LogP contribution in [0.4, 0.5) is 0 Å². The van der Waals surface area contributed by atoms with Crippen LogP contribution >= 0.6 is 0 Å². The van der Waals surface area contributed by atoms with E-state index < -0.39 is 0 Å². The zero-order chi connectivity index (χ0) is 26.6. The molecule has 0 amide bonds. The molecule has 7 heteroatoms. The van der Waals surface area contributed by atoms with Crippen LogP contribution in [0.1, 0.15) is 58.3 Å². The van der Waals surface area contributed by atoms with Gasteiger partial charge in [-0.25, -0.2) is 4.98 Å². The number of hydrogen-bond donors (Lipinski definition) is 2. The Morgan fingerprint density at radius 3 is 2.17 bits per heavy atom. The van der Waals surface area contributed by atoms with Crippen molar-refractivity contribution in [3.8, 4) is 17.1 Å². The van der Waals surface area contributed by atoms with Crippen LogP contribution in [-0.4, -0.2) is 53.1 Å². The molecule has 2 aromatic carbocycles. The van der Waals surface area contributed by atoms with E-state index in [1.165, 1.54) is 0 Å². The fourth-order valence-electron chi connectivity index (χ4n) is 2.66. The van der Waals surface area contributed by atoms with E-state index in [1.54, 1.807) is 26.0 Å². The Balaban J connectivity index is 0.000000997. The van der Waals surface area contributed by atoms with Crippen LogP contribution < -0.4 is 4.74 Å². The first-order valence-corrected chi connectivity index (χ1v) is 12.0. The molecule has 0 bridgehead atoms. The van der Waals surface area contributed by atoms with Crippen molar-refractivity contribution < 1.29 is 24.2 Å². The molecule has 3 aromatic rings. The lowest BCUT2D eigenvalue weighted by Gasteiger charge is -2.06. The second-order valence-corrected chi connectivity index (χ2v) is 6.78. The monoisotopic (exact) mass is 484 g/mol. The molecule has 0 aliphatic carbocycles. The van der Waals surface area contributed by atoms with E-state index in [0.29, 0.717) is 31.8 Å². The minimum atomic E-state index is 0.0140. The summed E-state index contributed by atoms with van der Waals surface area (Å²) in [6, 6.07) is 13.0. The lowest BCUT2D eigenvalue weighted by atomic mass is 10.1. The van der Waals surface area contributed by atoms with Crippen molar-refractivity contribution in [2.45, 2.75) is 48.0 Å². The van der Waals surface area contributed by atoms with Gasteiger partial charge in [0.1, 0.15) is 24.0 Å². The highest BCUT2D eigenvalue weighted by Gasteiger charge is 2.08. The summed E-state index contributed by atoms with van der Waals surface area (Å²) in [5.74, 6) is 1.69. The molecule has 0 saturated carbocycles. The number of hydrogen-bond acceptors (Lipinski definition) is 6. The third kappa shape index (κ3) is 12.1. The molecule has 192 valence electrons. The van der Waals surface area contributed by atoms with Gasteiger partial charge in [0.25, 0.3) is 0 Å². The zero-order valence-corrected chi connectivity index (χ0v) is 21.9. The second kappa shape index (κ2) is 19.1. The molecule has 0 atom stereocenters. The van der Waals surface area contributed by atoms with Gasteiger partial charge in [-0.2, -0.15) is 0 Å². The van der Waals surface area contributed by atoms with Gasteiger partial charge in [0.05, 0.1) is 30.9 Å². The first kappa shape index (κ1) is 31.7. The number of Topliss-reactive ketones (excluding diaryl/α,β-unsaturated/α-hetero) is 2. The molecule has 35 heavy (non-hydrogen) atoms. The van der Waals surface area contributed by atoms with Crippen LogP contribution in [0, 0.1) is 0 Å². The molecule has 7 nitrogen and oxygen atoms in total. The Labute approximate surface area is 209 Å². The number of aromatic nitrogens is 2. The van der Waals surface area contributed by atoms with E-state index in [-0.39, 0.29) is 18.2 Å². The van der Waals surface area contributed by atoms with E-state index in [9.17, 15) is 9.59 Å². The number of aromatic amines is 1. The number of carbonyl (C=O) groups excluding carboxylic acids is 2. The number of ketones is 2. The number of fused-ring (bicyclic) bond motifs is 1. The van der Waals surface area contributed by atoms with Crippen molar-refractivity contribution in [3.63, 3.8) is 0 Å². The highest BCUT2D eigenvalue weighted by atomic mass is 16.5.